The van der Waals surface area contributed by atoms with Crippen LogP contribution in [-0.4, -0.2) is 64.4 Å². The minimum atomic E-state index is -1.14. The second-order valence-corrected chi connectivity index (χ2v) is 7.77. The zero-order valence-corrected chi connectivity index (χ0v) is 15.8. The maximum Gasteiger partial charge on any atom is 0.411 e. The van der Waals surface area contributed by atoms with Crippen molar-refractivity contribution < 1.29 is 29.0 Å². The largest absolute Gasteiger partial charge is 0.464 e. The van der Waals surface area contributed by atoms with Crippen LogP contribution in [0.25, 0.3) is 0 Å². The van der Waals surface area contributed by atoms with E-state index in [9.17, 15) is 19.5 Å². The van der Waals surface area contributed by atoms with Gasteiger partial charge in [0.1, 0.15) is 17.2 Å². The molecule has 2 fully saturated rings. The molecule has 1 saturated heterocycles. The average molecular weight is 368 g/mol. The van der Waals surface area contributed by atoms with Crippen molar-refractivity contribution in [3.8, 4) is 0 Å². The third-order valence-corrected chi connectivity index (χ3v) is 4.49. The fourth-order valence-corrected chi connectivity index (χ4v) is 3.15. The van der Waals surface area contributed by atoms with Gasteiger partial charge in [-0.2, -0.15) is 0 Å². The first kappa shape index (κ1) is 20.2. The minimum Gasteiger partial charge on any atom is -0.464 e. The molecule has 0 aromatic rings. The second-order valence-electron chi connectivity index (χ2n) is 7.77. The van der Waals surface area contributed by atoms with Crippen molar-refractivity contribution in [1.29, 1.82) is 0 Å². The number of hydrogen-bond acceptors (Lipinski definition) is 6. The van der Waals surface area contributed by atoms with E-state index in [2.05, 4.69) is 11.9 Å². The molecule has 2 aliphatic rings. The van der Waals surface area contributed by atoms with E-state index in [1.165, 1.54) is 4.90 Å². The molecular formula is C18H28N2O6. The topological polar surface area (TPSA) is 105 Å². The van der Waals surface area contributed by atoms with E-state index in [0.717, 1.165) is 0 Å². The summed E-state index contributed by atoms with van der Waals surface area (Å²) < 4.78 is 10.4. The number of hydrogen-bond donors (Lipinski definition) is 2. The SMILES string of the molecule is C=CC1C[C@]1(NC(=O)[C@@H]1C[C@H](O)CN1C(=O)OC(C)(C)C)C(=O)OCC. The number of likely N-dealkylation sites (tertiary alicyclic amines) is 1. The summed E-state index contributed by atoms with van der Waals surface area (Å²) in [7, 11) is 0. The second kappa shape index (κ2) is 7.26. The Labute approximate surface area is 153 Å². The van der Waals surface area contributed by atoms with Gasteiger partial charge >= 0.3 is 12.1 Å². The maximum absolute atomic E-state index is 12.8. The number of carbonyl (C=O) groups excluding carboxylic acids is 3. The van der Waals surface area contributed by atoms with Gasteiger partial charge in [0.25, 0.3) is 0 Å². The molecule has 1 saturated carbocycles. The molecule has 2 rings (SSSR count). The summed E-state index contributed by atoms with van der Waals surface area (Å²) in [5.41, 5.74) is -1.86. The Balaban J connectivity index is 2.12. The number of aliphatic hydroxyl groups is 1. The van der Waals surface area contributed by atoms with Crippen LogP contribution in [0.2, 0.25) is 0 Å². The van der Waals surface area contributed by atoms with Crippen molar-refractivity contribution in [2.45, 2.75) is 63.8 Å². The van der Waals surface area contributed by atoms with Crippen LogP contribution in [0.3, 0.4) is 0 Å². The highest BCUT2D eigenvalue weighted by molar-refractivity contribution is 5.95. The van der Waals surface area contributed by atoms with Gasteiger partial charge in [-0.05, 0) is 34.1 Å². The van der Waals surface area contributed by atoms with Crippen LogP contribution in [0, 0.1) is 5.92 Å². The van der Waals surface area contributed by atoms with Crippen molar-refractivity contribution in [3.05, 3.63) is 12.7 Å². The van der Waals surface area contributed by atoms with E-state index in [-0.39, 0.29) is 25.5 Å². The molecule has 26 heavy (non-hydrogen) atoms. The third kappa shape index (κ3) is 4.17. The first-order valence-electron chi connectivity index (χ1n) is 8.83. The lowest BCUT2D eigenvalue weighted by Gasteiger charge is -2.29. The molecular weight excluding hydrogens is 340 g/mol. The predicted octanol–water partition coefficient (Wildman–Crippen LogP) is 0.981. The quantitative estimate of drug-likeness (QED) is 0.554. The van der Waals surface area contributed by atoms with E-state index in [1.807, 2.05) is 0 Å². The normalized spacial score (nSPS) is 30.5. The van der Waals surface area contributed by atoms with Gasteiger partial charge in [-0.25, -0.2) is 9.59 Å². The van der Waals surface area contributed by atoms with E-state index < -0.39 is 41.3 Å². The monoisotopic (exact) mass is 368 g/mol. The summed E-state index contributed by atoms with van der Waals surface area (Å²) in [5, 5.41) is 12.7. The van der Waals surface area contributed by atoms with Crippen LogP contribution < -0.4 is 5.32 Å². The first-order valence-corrected chi connectivity index (χ1v) is 8.83. The van der Waals surface area contributed by atoms with Crippen molar-refractivity contribution in [2.24, 2.45) is 5.92 Å². The zero-order chi connectivity index (χ0) is 19.7. The number of nitrogens with one attached hydrogen (secondary N) is 1. The molecule has 2 amide bonds. The van der Waals surface area contributed by atoms with Crippen molar-refractivity contribution in [2.75, 3.05) is 13.2 Å². The highest BCUT2D eigenvalue weighted by Gasteiger charge is 2.62. The molecule has 0 aromatic carbocycles. The fourth-order valence-electron chi connectivity index (χ4n) is 3.15. The lowest BCUT2D eigenvalue weighted by atomic mass is 10.1. The van der Waals surface area contributed by atoms with E-state index in [1.54, 1.807) is 33.8 Å². The summed E-state index contributed by atoms with van der Waals surface area (Å²) in [4.78, 5) is 38.6. The van der Waals surface area contributed by atoms with Gasteiger partial charge in [-0.1, -0.05) is 6.08 Å². The average Bonchev–Trinajstić information content (AvgIpc) is 3.09. The molecule has 8 nitrogen and oxygen atoms in total. The molecule has 1 aliphatic carbocycles. The first-order chi connectivity index (χ1) is 12.0. The van der Waals surface area contributed by atoms with Crippen LogP contribution in [0.1, 0.15) is 40.5 Å². The Bertz CT molecular complexity index is 599. The molecule has 0 radical (unpaired) electrons. The summed E-state index contributed by atoms with van der Waals surface area (Å²) >= 11 is 0. The zero-order valence-electron chi connectivity index (χ0n) is 15.8. The van der Waals surface area contributed by atoms with Crippen LogP contribution in [0.15, 0.2) is 12.7 Å². The van der Waals surface area contributed by atoms with Crippen molar-refractivity contribution in [3.63, 3.8) is 0 Å². The molecule has 0 bridgehead atoms. The van der Waals surface area contributed by atoms with Crippen LogP contribution in [0.4, 0.5) is 4.79 Å². The van der Waals surface area contributed by atoms with Gasteiger partial charge in [-0.15, -0.1) is 6.58 Å². The number of esters is 1. The number of aliphatic hydroxyl groups excluding tert-OH is 1. The lowest BCUT2D eigenvalue weighted by Crippen LogP contribution is -2.53. The van der Waals surface area contributed by atoms with Gasteiger partial charge in [-0.3, -0.25) is 9.69 Å². The summed E-state index contributed by atoms with van der Waals surface area (Å²) in [6.45, 7) is 10.7. The van der Waals surface area contributed by atoms with Crippen LogP contribution in [0.5, 0.6) is 0 Å². The summed E-state index contributed by atoms with van der Waals surface area (Å²) in [5.74, 6) is -1.24. The summed E-state index contributed by atoms with van der Waals surface area (Å²) in [6, 6.07) is -0.905. The minimum absolute atomic E-state index is 0.00426. The molecule has 1 heterocycles. The Morgan fingerprint density at radius 2 is 2.04 bits per heavy atom. The number of rotatable bonds is 5. The Kier molecular flexibility index (Phi) is 5.65. The standard InChI is InChI=1S/C18H28N2O6/c1-6-11-9-18(11,15(23)25-7-2)19-14(22)13-8-12(21)10-20(13)16(24)26-17(3,4)5/h6,11-13,21H,1,7-10H2,2-5H3,(H,19,22)/t11?,12-,13-,18+/m0/s1. The molecule has 1 unspecified atom stereocenters. The third-order valence-electron chi connectivity index (χ3n) is 4.49. The van der Waals surface area contributed by atoms with Crippen molar-refractivity contribution >= 4 is 18.0 Å². The van der Waals surface area contributed by atoms with Gasteiger partial charge in [0.05, 0.1) is 19.3 Å². The van der Waals surface area contributed by atoms with Gasteiger partial charge in [0, 0.05) is 12.3 Å². The van der Waals surface area contributed by atoms with E-state index >= 15 is 0 Å². The number of ether oxygens (including phenoxy) is 2. The Morgan fingerprint density at radius 1 is 1.38 bits per heavy atom. The number of nitrogens with zero attached hydrogens (tertiary/aromatic N) is 1. The molecule has 2 N–H and O–H groups in total. The van der Waals surface area contributed by atoms with E-state index in [0.29, 0.717) is 6.42 Å². The molecule has 8 heteroatoms. The van der Waals surface area contributed by atoms with Crippen molar-refractivity contribution in [1.82, 2.24) is 10.2 Å². The fraction of sp³-hybridized carbons (Fsp3) is 0.722. The molecule has 4 atom stereocenters. The molecule has 0 spiro atoms. The van der Waals surface area contributed by atoms with Crippen LogP contribution in [-0.2, 0) is 19.1 Å². The van der Waals surface area contributed by atoms with Gasteiger partial charge in [0.2, 0.25) is 5.91 Å². The Hall–Kier alpha value is -2.09. The van der Waals surface area contributed by atoms with Gasteiger partial charge < -0.3 is 19.9 Å². The number of amides is 2. The smallest absolute Gasteiger partial charge is 0.411 e. The summed E-state index contributed by atoms with van der Waals surface area (Å²) in [6.07, 6.45) is 0.597. The highest BCUT2D eigenvalue weighted by atomic mass is 16.6. The van der Waals surface area contributed by atoms with Gasteiger partial charge in [0.15, 0.2) is 0 Å². The Morgan fingerprint density at radius 3 is 2.54 bits per heavy atom. The van der Waals surface area contributed by atoms with Crippen LogP contribution >= 0.6 is 0 Å². The molecule has 0 aromatic heterocycles. The lowest BCUT2D eigenvalue weighted by molar-refractivity contribution is -0.149. The molecule has 1 aliphatic heterocycles. The number of carbonyl (C=O) groups is 3. The molecule has 146 valence electrons. The predicted molar refractivity (Wildman–Crippen MR) is 93.2 cm³/mol. The highest BCUT2D eigenvalue weighted by Crippen LogP contribution is 2.45. The number of β-amino-alcohol motifs (C(OH)–C–C–N with tert-alkyl or cyclic N) is 1. The maximum atomic E-state index is 12.8. The van der Waals surface area contributed by atoms with E-state index in [4.69, 9.17) is 9.47 Å².